The van der Waals surface area contributed by atoms with Gasteiger partial charge in [0.15, 0.2) is 6.61 Å². The molecule has 1 unspecified atom stereocenters. The van der Waals surface area contributed by atoms with Crippen LogP contribution in [0.1, 0.15) is 25.8 Å². The molecule has 0 spiro atoms. The maximum atomic E-state index is 12.3. The van der Waals surface area contributed by atoms with Crippen molar-refractivity contribution in [2.45, 2.75) is 43.0 Å². The van der Waals surface area contributed by atoms with Crippen molar-refractivity contribution in [3.8, 4) is 5.75 Å². The van der Waals surface area contributed by atoms with E-state index in [9.17, 15) is 21.6 Å². The molecule has 0 aliphatic rings. The minimum absolute atomic E-state index is 0.0274. The van der Waals surface area contributed by atoms with Crippen LogP contribution in [0.5, 0.6) is 5.75 Å². The summed E-state index contributed by atoms with van der Waals surface area (Å²) in [5.74, 6) is -0.168. The van der Waals surface area contributed by atoms with Crippen molar-refractivity contribution >= 4 is 31.6 Å². The molecule has 31 heavy (non-hydrogen) atoms. The van der Waals surface area contributed by atoms with Gasteiger partial charge in [0.25, 0.3) is 5.91 Å². The van der Waals surface area contributed by atoms with Gasteiger partial charge in [-0.25, -0.2) is 26.3 Å². The third kappa shape index (κ3) is 6.76. The van der Waals surface area contributed by atoms with Crippen molar-refractivity contribution < 1.29 is 26.4 Å². The Balaban J connectivity index is 2.02. The zero-order chi connectivity index (χ0) is 23.2. The Morgan fingerprint density at radius 2 is 1.61 bits per heavy atom. The fraction of sp³-hybridized carbons (Fsp3) is 0.350. The lowest BCUT2D eigenvalue weighted by molar-refractivity contribution is -0.118. The summed E-state index contributed by atoms with van der Waals surface area (Å²) in [6, 6.07) is 9.93. The van der Waals surface area contributed by atoms with Crippen molar-refractivity contribution in [3.05, 3.63) is 48.0 Å². The highest BCUT2D eigenvalue weighted by atomic mass is 32.2. The van der Waals surface area contributed by atoms with Gasteiger partial charge < -0.3 is 10.1 Å². The van der Waals surface area contributed by atoms with Crippen molar-refractivity contribution in [1.29, 1.82) is 0 Å². The summed E-state index contributed by atoms with van der Waals surface area (Å²) in [5.41, 5.74) is 1.04. The number of amides is 1. The number of hydrogen-bond acceptors (Lipinski definition) is 6. The Labute approximate surface area is 183 Å². The maximum absolute atomic E-state index is 12.3. The Kier molecular flexibility index (Phi) is 8.18. The van der Waals surface area contributed by atoms with E-state index in [0.29, 0.717) is 23.4 Å². The first-order chi connectivity index (χ1) is 14.5. The van der Waals surface area contributed by atoms with Crippen LogP contribution in [-0.2, 0) is 24.8 Å². The van der Waals surface area contributed by atoms with Crippen LogP contribution in [0.2, 0.25) is 0 Å². The summed E-state index contributed by atoms with van der Waals surface area (Å²) < 4.78 is 58.6. The highest BCUT2D eigenvalue weighted by Crippen LogP contribution is 2.20. The van der Waals surface area contributed by atoms with Gasteiger partial charge in [-0.15, -0.1) is 0 Å². The molecule has 0 aliphatic heterocycles. The highest BCUT2D eigenvalue weighted by Gasteiger charge is 2.17. The Morgan fingerprint density at radius 3 is 2.19 bits per heavy atom. The van der Waals surface area contributed by atoms with Crippen molar-refractivity contribution in [2.24, 2.45) is 0 Å². The Hall–Kier alpha value is -2.47. The van der Waals surface area contributed by atoms with Crippen LogP contribution in [0.4, 0.5) is 5.69 Å². The van der Waals surface area contributed by atoms with E-state index in [4.69, 9.17) is 4.74 Å². The van der Waals surface area contributed by atoms with Crippen LogP contribution >= 0.6 is 0 Å². The number of nitrogens with one attached hydrogen (secondary N) is 3. The molecule has 0 saturated heterocycles. The lowest BCUT2D eigenvalue weighted by Gasteiger charge is -2.13. The summed E-state index contributed by atoms with van der Waals surface area (Å²) in [5, 5.41) is 2.62. The lowest BCUT2D eigenvalue weighted by Crippen LogP contribution is -2.31. The predicted molar refractivity (Wildman–Crippen MR) is 118 cm³/mol. The molecule has 11 heteroatoms. The van der Waals surface area contributed by atoms with Crippen molar-refractivity contribution in [1.82, 2.24) is 9.44 Å². The molecule has 0 bridgehead atoms. The van der Waals surface area contributed by atoms with Crippen LogP contribution in [0.25, 0.3) is 0 Å². The summed E-state index contributed by atoms with van der Waals surface area (Å²) in [6.07, 6.45) is 0.665. The average Bonchev–Trinajstić information content (AvgIpc) is 2.73. The Bertz CT molecular complexity index is 1130. The van der Waals surface area contributed by atoms with E-state index < -0.39 is 26.0 Å². The number of rotatable bonds is 10. The summed E-state index contributed by atoms with van der Waals surface area (Å²) in [4.78, 5) is 12.4. The first-order valence-corrected chi connectivity index (χ1v) is 12.5. The van der Waals surface area contributed by atoms with Gasteiger partial charge in [-0.3, -0.25) is 4.79 Å². The van der Waals surface area contributed by atoms with E-state index in [-0.39, 0.29) is 22.4 Å². The lowest BCUT2D eigenvalue weighted by atomic mass is 10.2. The number of carbonyl (C=O) groups excluding carboxylic acids is 1. The molecule has 0 heterocycles. The number of sulfonamides is 2. The molecule has 0 aromatic heterocycles. The summed E-state index contributed by atoms with van der Waals surface area (Å²) in [6.45, 7) is 5.06. The first kappa shape index (κ1) is 24.8. The second kappa shape index (κ2) is 10.2. The number of benzene rings is 2. The molecule has 170 valence electrons. The third-order valence-electron chi connectivity index (χ3n) is 4.53. The summed E-state index contributed by atoms with van der Waals surface area (Å²) >= 11 is 0. The molecule has 0 fully saturated rings. The van der Waals surface area contributed by atoms with Crippen molar-refractivity contribution in [2.75, 3.05) is 19.0 Å². The second-order valence-corrected chi connectivity index (χ2v) is 10.5. The zero-order valence-corrected chi connectivity index (χ0v) is 19.4. The van der Waals surface area contributed by atoms with E-state index in [2.05, 4.69) is 14.8 Å². The van der Waals surface area contributed by atoms with Gasteiger partial charge in [-0.2, -0.15) is 0 Å². The van der Waals surface area contributed by atoms with Gasteiger partial charge in [0.2, 0.25) is 20.0 Å². The van der Waals surface area contributed by atoms with Gasteiger partial charge in [0.05, 0.1) is 9.79 Å². The molecule has 2 aromatic rings. The molecule has 0 aliphatic carbocycles. The third-order valence-corrected chi connectivity index (χ3v) is 7.55. The van der Waals surface area contributed by atoms with Gasteiger partial charge in [-0.05, 0) is 69.3 Å². The maximum Gasteiger partial charge on any atom is 0.262 e. The molecule has 2 rings (SSSR count). The van der Waals surface area contributed by atoms with Crippen molar-refractivity contribution in [3.63, 3.8) is 0 Å². The van der Waals surface area contributed by atoms with Crippen LogP contribution in [-0.4, -0.2) is 42.4 Å². The largest absolute Gasteiger partial charge is 0.484 e. The normalized spacial score (nSPS) is 12.9. The number of ether oxygens (including phenoxy) is 1. The van der Waals surface area contributed by atoms with E-state index in [1.54, 1.807) is 19.9 Å². The first-order valence-electron chi connectivity index (χ1n) is 9.57. The predicted octanol–water partition coefficient (Wildman–Crippen LogP) is 2.00. The van der Waals surface area contributed by atoms with E-state index in [1.807, 2.05) is 6.92 Å². The molecule has 2 aromatic carbocycles. The second-order valence-electron chi connectivity index (χ2n) is 6.92. The van der Waals surface area contributed by atoms with E-state index >= 15 is 0 Å². The van der Waals surface area contributed by atoms with Gasteiger partial charge >= 0.3 is 0 Å². The standard InChI is InChI=1S/C20H27N3O6S2/c1-5-15(3)23-31(27,28)17-10-7-16(8-11-17)29-13-20(24)22-19-12-18(9-6-14(19)2)30(25,26)21-4/h6-12,15,21,23H,5,13H2,1-4H3,(H,22,24). The van der Waals surface area contributed by atoms with E-state index in [1.165, 1.54) is 43.4 Å². The van der Waals surface area contributed by atoms with Gasteiger partial charge in [-0.1, -0.05) is 13.0 Å². The monoisotopic (exact) mass is 469 g/mol. The van der Waals surface area contributed by atoms with Crippen LogP contribution in [0, 0.1) is 6.92 Å². The summed E-state index contributed by atoms with van der Waals surface area (Å²) in [7, 11) is -5.96. The zero-order valence-electron chi connectivity index (χ0n) is 17.8. The molecule has 1 atom stereocenters. The quantitative estimate of drug-likeness (QED) is 0.488. The molecular formula is C20H27N3O6S2. The molecule has 3 N–H and O–H groups in total. The van der Waals surface area contributed by atoms with Crippen LogP contribution in [0.3, 0.4) is 0 Å². The minimum Gasteiger partial charge on any atom is -0.484 e. The number of aryl methyl sites for hydroxylation is 1. The molecule has 9 nitrogen and oxygen atoms in total. The topological polar surface area (TPSA) is 131 Å². The fourth-order valence-electron chi connectivity index (χ4n) is 2.49. The molecule has 1 amide bonds. The fourth-order valence-corrected chi connectivity index (χ4v) is 4.57. The van der Waals surface area contributed by atoms with Gasteiger partial charge in [0.1, 0.15) is 5.75 Å². The number of hydrogen-bond donors (Lipinski definition) is 3. The highest BCUT2D eigenvalue weighted by molar-refractivity contribution is 7.89. The molecule has 0 radical (unpaired) electrons. The van der Waals surface area contributed by atoms with Crippen LogP contribution < -0.4 is 19.5 Å². The number of carbonyl (C=O) groups is 1. The molecule has 0 saturated carbocycles. The Morgan fingerprint density at radius 1 is 1.00 bits per heavy atom. The minimum atomic E-state index is -3.64. The smallest absolute Gasteiger partial charge is 0.262 e. The number of anilines is 1. The SMILES string of the molecule is CCC(C)NS(=O)(=O)c1ccc(OCC(=O)Nc2cc(S(=O)(=O)NC)ccc2C)cc1. The van der Waals surface area contributed by atoms with Gasteiger partial charge in [0, 0.05) is 11.7 Å². The molecular weight excluding hydrogens is 442 g/mol. The van der Waals surface area contributed by atoms with E-state index in [0.717, 1.165) is 0 Å². The van der Waals surface area contributed by atoms with Crippen LogP contribution in [0.15, 0.2) is 52.3 Å². The average molecular weight is 470 g/mol.